The summed E-state index contributed by atoms with van der Waals surface area (Å²) in [5.74, 6) is -0.498. The van der Waals surface area contributed by atoms with Gasteiger partial charge in [0.2, 0.25) is 5.88 Å². The van der Waals surface area contributed by atoms with Crippen molar-refractivity contribution in [2.75, 3.05) is 0 Å². The van der Waals surface area contributed by atoms with Crippen molar-refractivity contribution in [1.82, 2.24) is 9.13 Å². The average Bonchev–Trinajstić information content (AvgIpc) is 2.45. The second kappa shape index (κ2) is 5.54. The molecule has 21 heavy (non-hydrogen) atoms. The lowest BCUT2D eigenvalue weighted by atomic mass is 10.3. The van der Waals surface area contributed by atoms with Crippen LogP contribution in [0.1, 0.15) is 5.56 Å². The van der Waals surface area contributed by atoms with Crippen LogP contribution >= 0.6 is 15.9 Å². The normalized spacial score (nSPS) is 10.2. The van der Waals surface area contributed by atoms with Crippen molar-refractivity contribution in [3.8, 4) is 17.7 Å². The van der Waals surface area contributed by atoms with Gasteiger partial charge in [0, 0.05) is 14.1 Å². The highest BCUT2D eigenvalue weighted by atomic mass is 79.9. The second-order valence-electron chi connectivity index (χ2n) is 4.17. The zero-order chi connectivity index (χ0) is 15.7. The molecular formula is C13H9BrFN3O3. The predicted octanol–water partition coefficient (Wildman–Crippen LogP) is 1.65. The fraction of sp³-hybridized carbons (Fsp3) is 0.154. The summed E-state index contributed by atoms with van der Waals surface area (Å²) < 4.78 is 20.6. The van der Waals surface area contributed by atoms with E-state index in [1.54, 1.807) is 6.07 Å². The Kier molecular flexibility index (Phi) is 3.95. The first-order chi connectivity index (χ1) is 9.86. The van der Waals surface area contributed by atoms with Crippen LogP contribution in [0.25, 0.3) is 0 Å². The number of aromatic nitrogens is 2. The molecule has 108 valence electrons. The summed E-state index contributed by atoms with van der Waals surface area (Å²) in [5, 5.41) is 9.10. The van der Waals surface area contributed by atoms with Crippen LogP contribution in [0, 0.1) is 17.1 Å². The molecule has 1 heterocycles. The van der Waals surface area contributed by atoms with Gasteiger partial charge >= 0.3 is 5.69 Å². The Morgan fingerprint density at radius 2 is 1.95 bits per heavy atom. The highest BCUT2D eigenvalue weighted by Crippen LogP contribution is 2.30. The minimum absolute atomic E-state index is 0.177. The molecule has 0 aliphatic rings. The quantitative estimate of drug-likeness (QED) is 0.822. The molecule has 0 radical (unpaired) electrons. The third-order valence-electron chi connectivity index (χ3n) is 2.82. The molecule has 0 amide bonds. The molecule has 2 aromatic rings. The Morgan fingerprint density at radius 3 is 2.52 bits per heavy atom. The fourth-order valence-electron chi connectivity index (χ4n) is 1.70. The van der Waals surface area contributed by atoms with E-state index in [0.29, 0.717) is 4.47 Å². The van der Waals surface area contributed by atoms with E-state index in [9.17, 15) is 14.0 Å². The van der Waals surface area contributed by atoms with E-state index in [1.165, 1.54) is 26.2 Å². The number of nitrogens with zero attached hydrogens (tertiary/aromatic N) is 3. The van der Waals surface area contributed by atoms with Crippen molar-refractivity contribution in [3.05, 3.63) is 54.9 Å². The monoisotopic (exact) mass is 353 g/mol. The number of hydrogen-bond donors (Lipinski definition) is 0. The lowest BCUT2D eigenvalue weighted by molar-refractivity contribution is 0.418. The van der Waals surface area contributed by atoms with E-state index in [2.05, 4.69) is 15.9 Å². The molecule has 1 aromatic heterocycles. The summed E-state index contributed by atoms with van der Waals surface area (Å²) >= 11 is 3.11. The van der Waals surface area contributed by atoms with E-state index in [0.717, 1.165) is 15.2 Å². The number of rotatable bonds is 2. The largest absolute Gasteiger partial charge is 0.438 e. The van der Waals surface area contributed by atoms with Crippen molar-refractivity contribution >= 4 is 15.9 Å². The lowest BCUT2D eigenvalue weighted by Crippen LogP contribution is -2.38. The molecule has 0 unspecified atom stereocenters. The maximum atomic E-state index is 13.0. The summed E-state index contributed by atoms with van der Waals surface area (Å²) in [7, 11) is 2.64. The Bertz CT molecular complexity index is 880. The fourth-order valence-corrected chi connectivity index (χ4v) is 2.13. The Morgan fingerprint density at radius 1 is 1.29 bits per heavy atom. The third-order valence-corrected chi connectivity index (χ3v) is 3.44. The second-order valence-corrected chi connectivity index (χ2v) is 5.03. The van der Waals surface area contributed by atoms with Gasteiger partial charge in [0.15, 0.2) is 5.56 Å². The van der Waals surface area contributed by atoms with E-state index in [-0.39, 0.29) is 17.2 Å². The minimum Gasteiger partial charge on any atom is -0.438 e. The molecule has 0 aliphatic heterocycles. The van der Waals surface area contributed by atoms with Crippen LogP contribution in [0.2, 0.25) is 0 Å². The van der Waals surface area contributed by atoms with Crippen molar-refractivity contribution < 1.29 is 9.13 Å². The van der Waals surface area contributed by atoms with Crippen LogP contribution in [0.5, 0.6) is 11.6 Å². The van der Waals surface area contributed by atoms with Crippen LogP contribution in [0.3, 0.4) is 0 Å². The summed E-state index contributed by atoms with van der Waals surface area (Å²) in [5.41, 5.74) is -1.70. The van der Waals surface area contributed by atoms with Crippen molar-refractivity contribution in [1.29, 1.82) is 5.26 Å². The Hall–Kier alpha value is -2.40. The van der Waals surface area contributed by atoms with Gasteiger partial charge in [-0.25, -0.2) is 9.18 Å². The van der Waals surface area contributed by atoms with E-state index < -0.39 is 17.1 Å². The zero-order valence-corrected chi connectivity index (χ0v) is 12.6. The van der Waals surface area contributed by atoms with Gasteiger partial charge in [0.25, 0.3) is 5.56 Å². The lowest BCUT2D eigenvalue weighted by Gasteiger charge is -2.13. The van der Waals surface area contributed by atoms with Gasteiger partial charge in [0.05, 0.1) is 4.47 Å². The first kappa shape index (κ1) is 15.0. The topological polar surface area (TPSA) is 77.0 Å². The van der Waals surface area contributed by atoms with Gasteiger partial charge in [-0.15, -0.1) is 0 Å². The number of ether oxygens (including phenoxy) is 1. The average molecular weight is 354 g/mol. The van der Waals surface area contributed by atoms with Gasteiger partial charge < -0.3 is 4.74 Å². The van der Waals surface area contributed by atoms with Crippen LogP contribution < -0.4 is 16.0 Å². The number of halogens is 2. The van der Waals surface area contributed by atoms with Crippen molar-refractivity contribution in [3.63, 3.8) is 0 Å². The maximum Gasteiger partial charge on any atom is 0.333 e. The summed E-state index contributed by atoms with van der Waals surface area (Å²) in [4.78, 5) is 23.8. The number of nitriles is 1. The molecule has 0 aliphatic carbocycles. The van der Waals surface area contributed by atoms with Gasteiger partial charge in [-0.05, 0) is 34.1 Å². The zero-order valence-electron chi connectivity index (χ0n) is 11.1. The first-order valence-electron chi connectivity index (χ1n) is 5.69. The Balaban J connectivity index is 2.68. The summed E-state index contributed by atoms with van der Waals surface area (Å²) in [6, 6.07) is 5.36. The molecule has 0 saturated carbocycles. The smallest absolute Gasteiger partial charge is 0.333 e. The van der Waals surface area contributed by atoms with E-state index in [4.69, 9.17) is 10.00 Å². The molecule has 0 saturated heterocycles. The first-order valence-corrected chi connectivity index (χ1v) is 6.49. The molecule has 6 nitrogen and oxygen atoms in total. The molecule has 0 N–H and O–H groups in total. The molecule has 0 atom stereocenters. The van der Waals surface area contributed by atoms with E-state index in [1.807, 2.05) is 0 Å². The Labute approximate surface area is 126 Å². The minimum atomic E-state index is -0.756. The predicted molar refractivity (Wildman–Crippen MR) is 75.8 cm³/mol. The molecule has 1 aromatic carbocycles. The van der Waals surface area contributed by atoms with Gasteiger partial charge in [-0.1, -0.05) is 0 Å². The van der Waals surface area contributed by atoms with Crippen LogP contribution in [0.15, 0.2) is 32.3 Å². The van der Waals surface area contributed by atoms with Gasteiger partial charge in [0.1, 0.15) is 17.6 Å². The van der Waals surface area contributed by atoms with Crippen LogP contribution in [-0.4, -0.2) is 9.13 Å². The van der Waals surface area contributed by atoms with Crippen LogP contribution in [0.4, 0.5) is 4.39 Å². The number of hydrogen-bond acceptors (Lipinski definition) is 4. The van der Waals surface area contributed by atoms with Gasteiger partial charge in [-0.3, -0.25) is 13.9 Å². The molecule has 0 spiro atoms. The molecule has 8 heteroatoms. The van der Waals surface area contributed by atoms with Gasteiger partial charge in [-0.2, -0.15) is 5.26 Å². The third kappa shape index (κ3) is 2.60. The highest BCUT2D eigenvalue weighted by molar-refractivity contribution is 9.10. The van der Waals surface area contributed by atoms with Crippen molar-refractivity contribution in [2.45, 2.75) is 0 Å². The maximum absolute atomic E-state index is 13.0. The number of benzene rings is 1. The SMILES string of the molecule is Cn1c(Oc2ccc(F)cc2Br)c(C#N)c(=O)n(C)c1=O. The highest BCUT2D eigenvalue weighted by Gasteiger charge is 2.18. The van der Waals surface area contributed by atoms with Crippen LogP contribution in [-0.2, 0) is 14.1 Å². The molecule has 2 rings (SSSR count). The molecule has 0 fully saturated rings. The standard InChI is InChI=1S/C13H9BrFN3O3/c1-17-11(19)8(6-16)12(18(2)13(17)20)21-10-4-3-7(15)5-9(10)14/h3-5H,1-2H3. The molecule has 0 bridgehead atoms. The van der Waals surface area contributed by atoms with Crippen molar-refractivity contribution in [2.24, 2.45) is 14.1 Å². The van der Waals surface area contributed by atoms with E-state index >= 15 is 0 Å². The summed E-state index contributed by atoms with van der Waals surface area (Å²) in [6.45, 7) is 0. The molecular weight excluding hydrogens is 345 g/mol. The summed E-state index contributed by atoms with van der Waals surface area (Å²) in [6.07, 6.45) is 0.